The van der Waals surface area contributed by atoms with Gasteiger partial charge >= 0.3 is 0 Å². The standard InChI is InChI=1S/C7H14FN/c1-6-4-3-5-7(6)9(2)8/h6-7H,3-5H2,1-2H3. The Morgan fingerprint density at radius 2 is 2.11 bits per heavy atom. The smallest absolute Gasteiger partial charge is 0.0424 e. The van der Waals surface area contributed by atoms with Crippen LogP contribution in [0.2, 0.25) is 0 Å². The third-order valence-corrected chi connectivity index (χ3v) is 2.27. The number of halogens is 1. The fraction of sp³-hybridized carbons (Fsp3) is 1.00. The van der Waals surface area contributed by atoms with E-state index >= 15 is 0 Å². The van der Waals surface area contributed by atoms with Crippen LogP contribution in [-0.2, 0) is 0 Å². The van der Waals surface area contributed by atoms with Crippen LogP contribution >= 0.6 is 0 Å². The normalized spacial score (nSPS) is 36.0. The van der Waals surface area contributed by atoms with Gasteiger partial charge in [-0.25, -0.2) is 0 Å². The largest absolute Gasteiger partial charge is 0.146 e. The minimum absolute atomic E-state index is 0.199. The van der Waals surface area contributed by atoms with Gasteiger partial charge in [-0.1, -0.05) is 13.3 Å². The van der Waals surface area contributed by atoms with Gasteiger partial charge in [0.1, 0.15) is 0 Å². The average molecular weight is 131 g/mol. The van der Waals surface area contributed by atoms with Crippen LogP contribution in [0.4, 0.5) is 4.48 Å². The highest BCUT2D eigenvalue weighted by Crippen LogP contribution is 2.28. The second-order valence-corrected chi connectivity index (χ2v) is 3.00. The Morgan fingerprint density at radius 1 is 1.44 bits per heavy atom. The van der Waals surface area contributed by atoms with Gasteiger partial charge in [-0.15, -0.1) is 9.60 Å². The monoisotopic (exact) mass is 131 g/mol. The highest BCUT2D eigenvalue weighted by molar-refractivity contribution is 4.77. The van der Waals surface area contributed by atoms with Crippen LogP contribution in [0.1, 0.15) is 26.2 Å². The first-order valence-electron chi connectivity index (χ1n) is 3.60. The molecule has 0 aromatic heterocycles. The number of nitrogens with zero attached hydrogens (tertiary/aromatic N) is 1. The summed E-state index contributed by atoms with van der Waals surface area (Å²) in [6.45, 7) is 2.12. The van der Waals surface area contributed by atoms with Crippen molar-refractivity contribution in [3.63, 3.8) is 0 Å². The van der Waals surface area contributed by atoms with Crippen molar-refractivity contribution in [3.05, 3.63) is 0 Å². The zero-order valence-corrected chi connectivity index (χ0v) is 6.10. The first-order valence-corrected chi connectivity index (χ1v) is 3.60. The molecule has 54 valence electrons. The van der Waals surface area contributed by atoms with Crippen LogP contribution in [0.3, 0.4) is 0 Å². The quantitative estimate of drug-likeness (QED) is 0.492. The van der Waals surface area contributed by atoms with E-state index in [0.717, 1.165) is 11.5 Å². The van der Waals surface area contributed by atoms with Crippen molar-refractivity contribution >= 4 is 0 Å². The Morgan fingerprint density at radius 3 is 2.33 bits per heavy atom. The molecule has 9 heavy (non-hydrogen) atoms. The topological polar surface area (TPSA) is 3.24 Å². The summed E-state index contributed by atoms with van der Waals surface area (Å²) in [7, 11) is 1.52. The lowest BCUT2D eigenvalue weighted by Crippen LogP contribution is -2.26. The lowest BCUT2D eigenvalue weighted by molar-refractivity contribution is -0.00442. The molecule has 1 saturated carbocycles. The molecule has 0 heterocycles. The fourth-order valence-corrected chi connectivity index (χ4v) is 1.65. The summed E-state index contributed by atoms with van der Waals surface area (Å²) in [5.74, 6) is 0.556. The SMILES string of the molecule is CC1CCCC1N(C)F. The van der Waals surface area contributed by atoms with E-state index in [1.54, 1.807) is 0 Å². The van der Waals surface area contributed by atoms with Crippen molar-refractivity contribution in [3.8, 4) is 0 Å². The van der Waals surface area contributed by atoms with Gasteiger partial charge in [-0.2, -0.15) is 0 Å². The van der Waals surface area contributed by atoms with Gasteiger partial charge in [-0.3, -0.25) is 0 Å². The molecule has 2 unspecified atom stereocenters. The Labute approximate surface area is 55.8 Å². The summed E-state index contributed by atoms with van der Waals surface area (Å²) >= 11 is 0. The van der Waals surface area contributed by atoms with Crippen LogP contribution in [-0.4, -0.2) is 18.2 Å². The molecule has 0 radical (unpaired) electrons. The van der Waals surface area contributed by atoms with Gasteiger partial charge < -0.3 is 0 Å². The van der Waals surface area contributed by atoms with E-state index in [2.05, 4.69) is 6.92 Å². The average Bonchev–Trinajstić information content (AvgIpc) is 2.13. The summed E-state index contributed by atoms with van der Waals surface area (Å²) < 4.78 is 12.5. The van der Waals surface area contributed by atoms with E-state index in [-0.39, 0.29) is 6.04 Å². The van der Waals surface area contributed by atoms with E-state index in [1.165, 1.54) is 19.9 Å². The molecule has 0 aromatic carbocycles. The van der Waals surface area contributed by atoms with Crippen LogP contribution in [0.25, 0.3) is 0 Å². The van der Waals surface area contributed by atoms with Crippen molar-refractivity contribution in [1.29, 1.82) is 0 Å². The number of hydrogen-bond donors (Lipinski definition) is 0. The Kier molecular flexibility index (Phi) is 2.06. The molecule has 1 nitrogen and oxygen atoms in total. The molecule has 2 atom stereocenters. The van der Waals surface area contributed by atoms with Crippen molar-refractivity contribution in [2.24, 2.45) is 5.92 Å². The van der Waals surface area contributed by atoms with E-state index in [0.29, 0.717) is 5.92 Å². The van der Waals surface area contributed by atoms with Gasteiger partial charge in [0, 0.05) is 13.1 Å². The van der Waals surface area contributed by atoms with Crippen molar-refractivity contribution in [1.82, 2.24) is 5.12 Å². The third kappa shape index (κ3) is 1.42. The molecule has 1 aliphatic carbocycles. The van der Waals surface area contributed by atoms with Gasteiger partial charge in [0.05, 0.1) is 0 Å². The van der Waals surface area contributed by atoms with Crippen LogP contribution < -0.4 is 0 Å². The number of rotatable bonds is 1. The molecule has 2 heteroatoms. The predicted octanol–water partition coefficient (Wildman–Crippen LogP) is 1.99. The Balaban J connectivity index is 2.40. The zero-order chi connectivity index (χ0) is 6.85. The van der Waals surface area contributed by atoms with E-state index < -0.39 is 0 Å². The van der Waals surface area contributed by atoms with Crippen molar-refractivity contribution in [2.45, 2.75) is 32.2 Å². The summed E-state index contributed by atoms with van der Waals surface area (Å²) in [6.07, 6.45) is 3.42. The van der Waals surface area contributed by atoms with Gasteiger partial charge in [0.25, 0.3) is 0 Å². The second kappa shape index (κ2) is 2.65. The highest BCUT2D eigenvalue weighted by Gasteiger charge is 2.26. The molecule has 0 aliphatic heterocycles. The molecule has 0 saturated heterocycles. The Bertz CT molecular complexity index is 92.9. The molecule has 0 N–H and O–H groups in total. The molecular weight excluding hydrogens is 117 g/mol. The molecule has 0 aromatic rings. The van der Waals surface area contributed by atoms with Gasteiger partial charge in [0.2, 0.25) is 0 Å². The van der Waals surface area contributed by atoms with Gasteiger partial charge in [-0.05, 0) is 18.8 Å². The first-order chi connectivity index (χ1) is 4.22. The van der Waals surface area contributed by atoms with E-state index in [1.807, 2.05) is 0 Å². The van der Waals surface area contributed by atoms with E-state index in [9.17, 15) is 4.48 Å². The summed E-state index contributed by atoms with van der Waals surface area (Å²) in [4.78, 5) is 0. The summed E-state index contributed by atoms with van der Waals surface area (Å²) in [6, 6.07) is 0.199. The third-order valence-electron chi connectivity index (χ3n) is 2.27. The van der Waals surface area contributed by atoms with Crippen molar-refractivity contribution < 1.29 is 4.48 Å². The molecule has 1 fully saturated rings. The lowest BCUT2D eigenvalue weighted by Gasteiger charge is -2.18. The van der Waals surface area contributed by atoms with Crippen LogP contribution in [0.5, 0.6) is 0 Å². The Hall–Kier alpha value is -0.110. The summed E-state index contributed by atoms with van der Waals surface area (Å²) in [5, 5.41) is 0.859. The summed E-state index contributed by atoms with van der Waals surface area (Å²) in [5.41, 5.74) is 0. The lowest BCUT2D eigenvalue weighted by atomic mass is 10.1. The molecule has 0 amide bonds. The maximum Gasteiger partial charge on any atom is 0.0424 e. The van der Waals surface area contributed by atoms with Crippen LogP contribution in [0, 0.1) is 5.92 Å². The molecular formula is C7H14FN. The molecule has 1 aliphatic rings. The minimum atomic E-state index is 0.199. The fourth-order valence-electron chi connectivity index (χ4n) is 1.65. The second-order valence-electron chi connectivity index (χ2n) is 3.00. The maximum absolute atomic E-state index is 12.5. The van der Waals surface area contributed by atoms with Crippen molar-refractivity contribution in [2.75, 3.05) is 7.05 Å². The van der Waals surface area contributed by atoms with E-state index in [4.69, 9.17) is 0 Å². The molecule has 1 rings (SSSR count). The predicted molar refractivity (Wildman–Crippen MR) is 35.7 cm³/mol. The number of hydrogen-bond acceptors (Lipinski definition) is 1. The molecule has 0 spiro atoms. The minimum Gasteiger partial charge on any atom is -0.146 e. The maximum atomic E-state index is 12.5. The first kappa shape index (κ1) is 7.00. The molecule has 0 bridgehead atoms. The highest BCUT2D eigenvalue weighted by atomic mass is 19.2. The van der Waals surface area contributed by atoms with Crippen LogP contribution in [0.15, 0.2) is 0 Å². The van der Waals surface area contributed by atoms with Gasteiger partial charge in [0.15, 0.2) is 0 Å². The zero-order valence-electron chi connectivity index (χ0n) is 6.10.